The van der Waals surface area contributed by atoms with Gasteiger partial charge in [0.05, 0.1) is 0 Å². The van der Waals surface area contributed by atoms with Crippen LogP contribution in [0.2, 0.25) is 0 Å². The number of hydrogen-bond acceptors (Lipinski definition) is 3. The SMILES string of the molecule is Cc1ccc(-c2n[nH]c(CCNC(=O)C=Cc3ccccc3)n2)cc1. The molecule has 2 N–H and O–H groups in total. The van der Waals surface area contributed by atoms with Gasteiger partial charge in [-0.15, -0.1) is 0 Å². The molecule has 0 aliphatic heterocycles. The van der Waals surface area contributed by atoms with Gasteiger partial charge in [-0.25, -0.2) is 4.98 Å². The molecule has 0 aliphatic carbocycles. The molecular formula is C20H20N4O. The molecule has 0 radical (unpaired) electrons. The Morgan fingerprint density at radius 3 is 2.64 bits per heavy atom. The first-order valence-corrected chi connectivity index (χ1v) is 8.20. The van der Waals surface area contributed by atoms with E-state index in [1.807, 2.05) is 61.5 Å². The Morgan fingerprint density at radius 2 is 1.88 bits per heavy atom. The Kier molecular flexibility index (Phi) is 5.36. The van der Waals surface area contributed by atoms with Gasteiger partial charge in [0.2, 0.25) is 5.91 Å². The zero-order valence-electron chi connectivity index (χ0n) is 14.1. The number of amides is 1. The van der Waals surface area contributed by atoms with E-state index in [1.165, 1.54) is 11.6 Å². The molecule has 25 heavy (non-hydrogen) atoms. The van der Waals surface area contributed by atoms with Crippen LogP contribution in [0.3, 0.4) is 0 Å². The first-order chi connectivity index (χ1) is 12.2. The molecule has 0 atom stereocenters. The fourth-order valence-corrected chi connectivity index (χ4v) is 2.34. The summed E-state index contributed by atoms with van der Waals surface area (Å²) in [6, 6.07) is 17.8. The molecule has 5 heteroatoms. The van der Waals surface area contributed by atoms with Crippen LogP contribution in [0, 0.1) is 6.92 Å². The first-order valence-electron chi connectivity index (χ1n) is 8.20. The van der Waals surface area contributed by atoms with E-state index in [4.69, 9.17) is 0 Å². The Morgan fingerprint density at radius 1 is 1.12 bits per heavy atom. The number of benzene rings is 2. The molecule has 0 bridgehead atoms. The average Bonchev–Trinajstić information content (AvgIpc) is 3.10. The molecule has 0 spiro atoms. The fourth-order valence-electron chi connectivity index (χ4n) is 2.34. The highest BCUT2D eigenvalue weighted by atomic mass is 16.1. The summed E-state index contributed by atoms with van der Waals surface area (Å²) in [7, 11) is 0. The van der Waals surface area contributed by atoms with Gasteiger partial charge in [-0.2, -0.15) is 5.10 Å². The van der Waals surface area contributed by atoms with Crippen molar-refractivity contribution >= 4 is 12.0 Å². The van der Waals surface area contributed by atoms with Gasteiger partial charge in [-0.1, -0.05) is 60.2 Å². The molecule has 126 valence electrons. The van der Waals surface area contributed by atoms with E-state index in [-0.39, 0.29) is 5.91 Å². The Bertz CT molecular complexity index is 851. The molecule has 0 saturated carbocycles. The zero-order valence-corrected chi connectivity index (χ0v) is 14.1. The van der Waals surface area contributed by atoms with E-state index in [0.29, 0.717) is 18.8 Å². The van der Waals surface area contributed by atoms with E-state index < -0.39 is 0 Å². The van der Waals surface area contributed by atoms with Gasteiger partial charge >= 0.3 is 0 Å². The Balaban J connectivity index is 1.48. The van der Waals surface area contributed by atoms with Gasteiger partial charge in [0.25, 0.3) is 0 Å². The normalized spacial score (nSPS) is 10.9. The summed E-state index contributed by atoms with van der Waals surface area (Å²) in [6.07, 6.45) is 3.93. The second-order valence-corrected chi connectivity index (χ2v) is 5.76. The number of nitrogens with one attached hydrogen (secondary N) is 2. The molecule has 3 rings (SSSR count). The number of carbonyl (C=O) groups excluding carboxylic acids is 1. The maximum absolute atomic E-state index is 11.8. The number of rotatable bonds is 6. The Hall–Kier alpha value is -3.21. The number of nitrogens with zero attached hydrogens (tertiary/aromatic N) is 2. The van der Waals surface area contributed by atoms with Crippen molar-refractivity contribution in [2.75, 3.05) is 6.54 Å². The number of aromatic amines is 1. The van der Waals surface area contributed by atoms with Crippen molar-refractivity contribution in [2.24, 2.45) is 0 Å². The summed E-state index contributed by atoms with van der Waals surface area (Å²) in [5, 5.41) is 9.99. The van der Waals surface area contributed by atoms with Crippen molar-refractivity contribution < 1.29 is 4.79 Å². The van der Waals surface area contributed by atoms with Crippen LogP contribution in [0.5, 0.6) is 0 Å². The third-order valence-electron chi connectivity index (χ3n) is 3.73. The van der Waals surface area contributed by atoms with Crippen LogP contribution in [-0.4, -0.2) is 27.6 Å². The largest absolute Gasteiger partial charge is 0.352 e. The van der Waals surface area contributed by atoms with E-state index in [1.54, 1.807) is 6.08 Å². The maximum Gasteiger partial charge on any atom is 0.244 e. The van der Waals surface area contributed by atoms with Gasteiger partial charge in [0.1, 0.15) is 5.82 Å². The molecule has 1 aromatic heterocycles. The van der Waals surface area contributed by atoms with Crippen LogP contribution in [0.25, 0.3) is 17.5 Å². The van der Waals surface area contributed by atoms with Gasteiger partial charge in [0.15, 0.2) is 5.82 Å². The van der Waals surface area contributed by atoms with Crippen LogP contribution in [0.15, 0.2) is 60.7 Å². The number of carbonyl (C=O) groups is 1. The van der Waals surface area contributed by atoms with Crippen molar-refractivity contribution in [2.45, 2.75) is 13.3 Å². The molecule has 5 nitrogen and oxygen atoms in total. The second kappa shape index (κ2) is 8.06. The highest BCUT2D eigenvalue weighted by Gasteiger charge is 2.06. The first kappa shape index (κ1) is 16.6. The maximum atomic E-state index is 11.8. The standard InChI is InChI=1S/C20H20N4O/c1-15-7-10-17(11-8-15)20-22-18(23-24-20)13-14-21-19(25)12-9-16-5-3-2-4-6-16/h2-12H,13-14H2,1H3,(H,21,25)(H,22,23,24). The van der Waals surface area contributed by atoms with E-state index in [9.17, 15) is 4.79 Å². The molecular weight excluding hydrogens is 312 g/mol. The lowest BCUT2D eigenvalue weighted by Gasteiger charge is -1.99. The van der Waals surface area contributed by atoms with Gasteiger partial charge in [-0.3, -0.25) is 9.89 Å². The van der Waals surface area contributed by atoms with E-state index >= 15 is 0 Å². The highest BCUT2D eigenvalue weighted by Crippen LogP contribution is 2.15. The minimum atomic E-state index is -0.123. The monoisotopic (exact) mass is 332 g/mol. The summed E-state index contributed by atoms with van der Waals surface area (Å²) in [5.41, 5.74) is 3.17. The molecule has 0 aliphatic rings. The van der Waals surface area contributed by atoms with Crippen molar-refractivity contribution in [3.63, 3.8) is 0 Å². The molecule has 2 aromatic carbocycles. The summed E-state index contributed by atoms with van der Waals surface area (Å²) in [4.78, 5) is 16.3. The molecule has 1 heterocycles. The van der Waals surface area contributed by atoms with Crippen molar-refractivity contribution in [1.29, 1.82) is 0 Å². The molecule has 3 aromatic rings. The van der Waals surface area contributed by atoms with Crippen molar-refractivity contribution in [3.8, 4) is 11.4 Å². The summed E-state index contributed by atoms with van der Waals surface area (Å²) >= 11 is 0. The fraction of sp³-hybridized carbons (Fsp3) is 0.150. The van der Waals surface area contributed by atoms with Gasteiger partial charge in [-0.05, 0) is 18.6 Å². The summed E-state index contributed by atoms with van der Waals surface area (Å²) in [6.45, 7) is 2.54. The Labute approximate surface area is 146 Å². The summed E-state index contributed by atoms with van der Waals surface area (Å²) < 4.78 is 0. The predicted molar refractivity (Wildman–Crippen MR) is 98.7 cm³/mol. The quantitative estimate of drug-likeness (QED) is 0.681. The molecule has 0 saturated heterocycles. The number of H-pyrrole nitrogens is 1. The zero-order chi connectivity index (χ0) is 17.5. The smallest absolute Gasteiger partial charge is 0.244 e. The van der Waals surface area contributed by atoms with Crippen molar-refractivity contribution in [1.82, 2.24) is 20.5 Å². The second-order valence-electron chi connectivity index (χ2n) is 5.76. The van der Waals surface area contributed by atoms with Crippen LogP contribution < -0.4 is 5.32 Å². The minimum Gasteiger partial charge on any atom is -0.352 e. The van der Waals surface area contributed by atoms with Crippen LogP contribution >= 0.6 is 0 Å². The number of aromatic nitrogens is 3. The summed E-state index contributed by atoms with van der Waals surface area (Å²) in [5.74, 6) is 1.30. The van der Waals surface area contributed by atoms with E-state index in [0.717, 1.165) is 17.0 Å². The van der Waals surface area contributed by atoms with Gasteiger partial charge in [0, 0.05) is 24.6 Å². The number of aryl methyl sites for hydroxylation is 1. The van der Waals surface area contributed by atoms with E-state index in [2.05, 4.69) is 20.5 Å². The lowest BCUT2D eigenvalue weighted by molar-refractivity contribution is -0.116. The van der Waals surface area contributed by atoms with Gasteiger partial charge < -0.3 is 5.32 Å². The van der Waals surface area contributed by atoms with Crippen LogP contribution in [0.1, 0.15) is 17.0 Å². The lowest BCUT2D eigenvalue weighted by atomic mass is 10.1. The molecule has 1 amide bonds. The average molecular weight is 332 g/mol. The minimum absolute atomic E-state index is 0.123. The highest BCUT2D eigenvalue weighted by molar-refractivity contribution is 5.91. The third kappa shape index (κ3) is 4.88. The van der Waals surface area contributed by atoms with Crippen LogP contribution in [-0.2, 0) is 11.2 Å². The number of hydrogen-bond donors (Lipinski definition) is 2. The predicted octanol–water partition coefficient (Wildman–Crippen LogP) is 3.15. The van der Waals surface area contributed by atoms with Crippen LogP contribution in [0.4, 0.5) is 0 Å². The topological polar surface area (TPSA) is 70.7 Å². The molecule has 0 unspecified atom stereocenters. The lowest BCUT2D eigenvalue weighted by Crippen LogP contribution is -2.23. The molecule has 0 fully saturated rings. The van der Waals surface area contributed by atoms with Crippen molar-refractivity contribution in [3.05, 3.63) is 77.6 Å². The third-order valence-corrected chi connectivity index (χ3v) is 3.73.